The molecule has 0 bridgehead atoms. The van der Waals surface area contributed by atoms with Crippen LogP contribution in [0.3, 0.4) is 0 Å². The first-order valence-corrected chi connectivity index (χ1v) is 10.1. The molecule has 28 heavy (non-hydrogen) atoms. The number of benzene rings is 2. The van der Waals surface area contributed by atoms with Crippen molar-refractivity contribution < 1.29 is 14.3 Å². The molecule has 0 saturated carbocycles. The van der Waals surface area contributed by atoms with Gasteiger partial charge < -0.3 is 14.8 Å². The maximum absolute atomic E-state index is 13.3. The fourth-order valence-corrected chi connectivity index (χ4v) is 4.98. The minimum atomic E-state index is -0.0207. The van der Waals surface area contributed by atoms with Crippen LogP contribution in [0.1, 0.15) is 36.8 Å². The molecule has 1 spiro atoms. The number of fused-ring (bicyclic) bond motifs is 3. The molecule has 2 atom stereocenters. The Kier molecular flexibility index (Phi) is 4.27. The van der Waals surface area contributed by atoms with Crippen LogP contribution >= 0.6 is 0 Å². The normalized spacial score (nSPS) is 23.0. The number of hydrogen-bond donors (Lipinski definition) is 1. The second-order valence-corrected chi connectivity index (χ2v) is 8.19. The molecule has 5 rings (SSSR count). The van der Waals surface area contributed by atoms with E-state index in [0.717, 1.165) is 44.0 Å². The zero-order valence-electron chi connectivity index (χ0n) is 16.2. The summed E-state index contributed by atoms with van der Waals surface area (Å²) in [6.45, 7) is 4.93. The summed E-state index contributed by atoms with van der Waals surface area (Å²) in [6, 6.07) is 16.4. The van der Waals surface area contributed by atoms with Crippen LogP contribution in [0.25, 0.3) is 0 Å². The third-order valence-corrected chi connectivity index (χ3v) is 6.61. The molecule has 1 N–H and O–H groups in total. The number of hydrogen-bond acceptors (Lipinski definition) is 3. The van der Waals surface area contributed by atoms with Gasteiger partial charge in [-0.1, -0.05) is 36.4 Å². The van der Waals surface area contributed by atoms with Gasteiger partial charge in [-0.05, 0) is 37.5 Å². The first kappa shape index (κ1) is 17.6. The van der Waals surface area contributed by atoms with Gasteiger partial charge >= 0.3 is 6.03 Å². The Morgan fingerprint density at radius 1 is 1.14 bits per heavy atom. The first-order chi connectivity index (χ1) is 13.7. The summed E-state index contributed by atoms with van der Waals surface area (Å²) in [5.41, 5.74) is 3.53. The van der Waals surface area contributed by atoms with E-state index in [-0.39, 0.29) is 23.4 Å². The monoisotopic (exact) mass is 378 g/mol. The summed E-state index contributed by atoms with van der Waals surface area (Å²) in [7, 11) is 0. The Balaban J connectivity index is 1.36. The van der Waals surface area contributed by atoms with Crippen molar-refractivity contribution in [3.05, 3.63) is 59.7 Å². The lowest BCUT2D eigenvalue weighted by molar-refractivity contribution is 0.0556. The van der Waals surface area contributed by atoms with Crippen molar-refractivity contribution >= 4 is 11.7 Å². The van der Waals surface area contributed by atoms with Crippen LogP contribution in [0.15, 0.2) is 48.5 Å². The van der Waals surface area contributed by atoms with Crippen LogP contribution in [0, 0.1) is 0 Å². The summed E-state index contributed by atoms with van der Waals surface area (Å²) in [5, 5.41) is 3.24. The number of rotatable bonds is 2. The highest BCUT2D eigenvalue weighted by Gasteiger charge is 2.45. The lowest BCUT2D eigenvalue weighted by Gasteiger charge is -2.34. The minimum Gasteiger partial charge on any atom is -0.493 e. The van der Waals surface area contributed by atoms with Crippen LogP contribution in [-0.2, 0) is 10.2 Å². The molecule has 146 valence electrons. The summed E-state index contributed by atoms with van der Waals surface area (Å²) in [6.07, 6.45) is 1.93. The number of amides is 2. The molecule has 2 aromatic carbocycles. The van der Waals surface area contributed by atoms with Gasteiger partial charge in [0.25, 0.3) is 0 Å². The molecule has 3 aliphatic heterocycles. The first-order valence-electron chi connectivity index (χ1n) is 10.1. The van der Waals surface area contributed by atoms with Gasteiger partial charge in [0.05, 0.1) is 6.61 Å². The molecule has 0 unspecified atom stereocenters. The molecule has 2 aromatic rings. The highest BCUT2D eigenvalue weighted by atomic mass is 16.5. The van der Waals surface area contributed by atoms with Gasteiger partial charge in [-0.2, -0.15) is 0 Å². The number of carbonyl (C=O) groups is 1. The SMILES string of the molecule is C[C@H](NC(=O)N1CC2(CCOCC2)c2ccccc21)[C@H]1COc2ccccc21. The van der Waals surface area contributed by atoms with Crippen molar-refractivity contribution in [1.29, 1.82) is 0 Å². The second kappa shape index (κ2) is 6.82. The third-order valence-electron chi connectivity index (χ3n) is 6.61. The fraction of sp³-hybridized carbons (Fsp3) is 0.435. The molecule has 0 aromatic heterocycles. The average Bonchev–Trinajstić information content (AvgIpc) is 3.29. The van der Waals surface area contributed by atoms with Crippen LogP contribution in [0.5, 0.6) is 5.75 Å². The number of para-hydroxylation sites is 2. The zero-order chi connectivity index (χ0) is 19.1. The van der Waals surface area contributed by atoms with Crippen molar-refractivity contribution in [2.24, 2.45) is 0 Å². The van der Waals surface area contributed by atoms with E-state index in [4.69, 9.17) is 9.47 Å². The van der Waals surface area contributed by atoms with E-state index in [1.54, 1.807) is 0 Å². The van der Waals surface area contributed by atoms with Gasteiger partial charge in [-0.3, -0.25) is 4.90 Å². The third kappa shape index (κ3) is 2.76. The summed E-state index contributed by atoms with van der Waals surface area (Å²) in [5.74, 6) is 1.11. The minimum absolute atomic E-state index is 0.00504. The lowest BCUT2D eigenvalue weighted by atomic mass is 9.76. The Labute approximate surface area is 165 Å². The predicted molar refractivity (Wildman–Crippen MR) is 108 cm³/mol. The number of nitrogens with zero attached hydrogens (tertiary/aromatic N) is 1. The average molecular weight is 378 g/mol. The molecular formula is C23H26N2O3. The van der Waals surface area contributed by atoms with Crippen LogP contribution < -0.4 is 15.0 Å². The molecule has 3 aliphatic rings. The smallest absolute Gasteiger partial charge is 0.322 e. The number of urea groups is 1. The fourth-order valence-electron chi connectivity index (χ4n) is 4.98. The van der Waals surface area contributed by atoms with E-state index in [1.165, 1.54) is 11.1 Å². The molecule has 5 nitrogen and oxygen atoms in total. The zero-order valence-corrected chi connectivity index (χ0v) is 16.2. The van der Waals surface area contributed by atoms with Crippen molar-refractivity contribution in [1.82, 2.24) is 5.32 Å². The topological polar surface area (TPSA) is 50.8 Å². The van der Waals surface area contributed by atoms with Gasteiger partial charge in [0.1, 0.15) is 5.75 Å². The Morgan fingerprint density at radius 2 is 1.89 bits per heavy atom. The molecule has 5 heteroatoms. The van der Waals surface area contributed by atoms with E-state index >= 15 is 0 Å². The quantitative estimate of drug-likeness (QED) is 0.864. The van der Waals surface area contributed by atoms with Crippen LogP contribution in [-0.4, -0.2) is 38.4 Å². The highest BCUT2D eigenvalue weighted by molar-refractivity contribution is 5.95. The highest BCUT2D eigenvalue weighted by Crippen LogP contribution is 2.46. The largest absolute Gasteiger partial charge is 0.493 e. The molecule has 3 heterocycles. The van der Waals surface area contributed by atoms with Gasteiger partial charge in [0, 0.05) is 48.4 Å². The number of carbonyl (C=O) groups excluding carboxylic acids is 1. The Morgan fingerprint density at radius 3 is 2.75 bits per heavy atom. The maximum atomic E-state index is 13.3. The second-order valence-electron chi connectivity index (χ2n) is 8.19. The Hall–Kier alpha value is -2.53. The Bertz CT molecular complexity index is 891. The summed E-state index contributed by atoms with van der Waals surface area (Å²) in [4.78, 5) is 15.2. The maximum Gasteiger partial charge on any atom is 0.322 e. The molecule has 1 saturated heterocycles. The summed E-state index contributed by atoms with van der Waals surface area (Å²) >= 11 is 0. The number of anilines is 1. The number of nitrogens with one attached hydrogen (secondary N) is 1. The number of ether oxygens (including phenoxy) is 2. The van der Waals surface area contributed by atoms with E-state index in [1.807, 2.05) is 29.2 Å². The van der Waals surface area contributed by atoms with Gasteiger partial charge in [-0.15, -0.1) is 0 Å². The molecule has 2 amide bonds. The van der Waals surface area contributed by atoms with Crippen molar-refractivity contribution in [2.45, 2.75) is 37.1 Å². The van der Waals surface area contributed by atoms with E-state index < -0.39 is 0 Å². The van der Waals surface area contributed by atoms with Crippen molar-refractivity contribution in [3.8, 4) is 5.75 Å². The molecular weight excluding hydrogens is 352 g/mol. The molecule has 0 radical (unpaired) electrons. The van der Waals surface area contributed by atoms with E-state index in [0.29, 0.717) is 6.61 Å². The predicted octanol–water partition coefficient (Wildman–Crippen LogP) is 3.83. The van der Waals surface area contributed by atoms with E-state index in [9.17, 15) is 4.79 Å². The van der Waals surface area contributed by atoms with Gasteiger partial charge in [0.2, 0.25) is 0 Å². The standard InChI is InChI=1S/C23H26N2O3/c1-16(18-14-28-21-9-5-2-6-17(18)21)24-22(26)25-15-23(10-12-27-13-11-23)19-7-3-4-8-20(19)25/h2-9,16,18H,10-15H2,1H3,(H,24,26)/t16-,18+/m0/s1. The van der Waals surface area contributed by atoms with Gasteiger partial charge in [-0.25, -0.2) is 4.79 Å². The van der Waals surface area contributed by atoms with Crippen molar-refractivity contribution in [2.75, 3.05) is 31.3 Å². The van der Waals surface area contributed by atoms with Crippen molar-refractivity contribution in [3.63, 3.8) is 0 Å². The van der Waals surface area contributed by atoms with Crippen LogP contribution in [0.2, 0.25) is 0 Å². The molecule has 0 aliphatic carbocycles. The van der Waals surface area contributed by atoms with Crippen LogP contribution in [0.4, 0.5) is 10.5 Å². The summed E-state index contributed by atoms with van der Waals surface area (Å²) < 4.78 is 11.4. The van der Waals surface area contributed by atoms with E-state index in [2.05, 4.69) is 36.5 Å². The lowest BCUT2D eigenvalue weighted by Crippen LogP contribution is -2.48. The molecule has 1 fully saturated rings. The van der Waals surface area contributed by atoms with Gasteiger partial charge in [0.15, 0.2) is 0 Å².